The number of benzene rings is 1. The molecule has 1 aromatic rings. The first-order chi connectivity index (χ1) is 7.77. The van der Waals surface area contributed by atoms with Crippen LogP contribution in [0.3, 0.4) is 0 Å². The SMILES string of the molecule is CNCCc1c2c(cc(C)c1OC)OCC2. The van der Waals surface area contributed by atoms with Crippen molar-refractivity contribution in [1.82, 2.24) is 5.32 Å². The number of nitrogens with one attached hydrogen (secondary N) is 1. The molecule has 0 aliphatic carbocycles. The van der Waals surface area contributed by atoms with Crippen LogP contribution in [0.2, 0.25) is 0 Å². The molecule has 1 heterocycles. The molecule has 0 radical (unpaired) electrons. The van der Waals surface area contributed by atoms with Gasteiger partial charge in [-0.3, -0.25) is 0 Å². The third-order valence-corrected chi connectivity index (χ3v) is 3.08. The summed E-state index contributed by atoms with van der Waals surface area (Å²) < 4.78 is 11.1. The van der Waals surface area contributed by atoms with Crippen molar-refractivity contribution in [3.8, 4) is 11.5 Å². The Morgan fingerprint density at radius 1 is 1.50 bits per heavy atom. The van der Waals surface area contributed by atoms with Gasteiger partial charge in [0, 0.05) is 17.5 Å². The molecule has 2 rings (SSSR count). The predicted molar refractivity (Wildman–Crippen MR) is 64.6 cm³/mol. The van der Waals surface area contributed by atoms with Crippen molar-refractivity contribution in [2.75, 3.05) is 27.3 Å². The number of methoxy groups -OCH3 is 1. The summed E-state index contributed by atoms with van der Waals surface area (Å²) in [4.78, 5) is 0. The fourth-order valence-corrected chi connectivity index (χ4v) is 2.34. The second kappa shape index (κ2) is 4.74. The number of rotatable bonds is 4. The van der Waals surface area contributed by atoms with Crippen LogP contribution in [0.25, 0.3) is 0 Å². The topological polar surface area (TPSA) is 30.5 Å². The Morgan fingerprint density at radius 2 is 2.31 bits per heavy atom. The molecule has 1 aliphatic rings. The first-order valence-electron chi connectivity index (χ1n) is 5.74. The van der Waals surface area contributed by atoms with Crippen LogP contribution in [0.1, 0.15) is 16.7 Å². The molecule has 88 valence electrons. The fraction of sp³-hybridized carbons (Fsp3) is 0.538. The Labute approximate surface area is 96.8 Å². The third kappa shape index (κ3) is 1.87. The number of hydrogen-bond acceptors (Lipinski definition) is 3. The lowest BCUT2D eigenvalue weighted by Crippen LogP contribution is -2.12. The Morgan fingerprint density at radius 3 is 3.00 bits per heavy atom. The second-order valence-corrected chi connectivity index (χ2v) is 4.13. The Bertz CT molecular complexity index is 384. The van der Waals surface area contributed by atoms with Gasteiger partial charge in [-0.15, -0.1) is 0 Å². The highest BCUT2D eigenvalue weighted by molar-refractivity contribution is 5.55. The lowest BCUT2D eigenvalue weighted by atomic mass is 9.98. The normalized spacial score (nSPS) is 13.4. The van der Waals surface area contributed by atoms with E-state index in [1.807, 2.05) is 7.05 Å². The molecule has 0 atom stereocenters. The maximum Gasteiger partial charge on any atom is 0.125 e. The van der Waals surface area contributed by atoms with Crippen LogP contribution >= 0.6 is 0 Å². The Kier molecular flexibility index (Phi) is 3.34. The monoisotopic (exact) mass is 221 g/mol. The van der Waals surface area contributed by atoms with Gasteiger partial charge in [0.15, 0.2) is 0 Å². The Balaban J connectivity index is 2.44. The molecule has 3 nitrogen and oxygen atoms in total. The van der Waals surface area contributed by atoms with E-state index in [-0.39, 0.29) is 0 Å². The minimum atomic E-state index is 0.800. The van der Waals surface area contributed by atoms with E-state index in [1.165, 1.54) is 11.1 Å². The highest BCUT2D eigenvalue weighted by Crippen LogP contribution is 2.37. The summed E-state index contributed by atoms with van der Waals surface area (Å²) in [5.74, 6) is 2.07. The van der Waals surface area contributed by atoms with E-state index in [1.54, 1.807) is 7.11 Å². The zero-order valence-corrected chi connectivity index (χ0v) is 10.2. The van der Waals surface area contributed by atoms with Crippen LogP contribution < -0.4 is 14.8 Å². The number of hydrogen-bond donors (Lipinski definition) is 1. The molecule has 0 amide bonds. The van der Waals surface area contributed by atoms with E-state index >= 15 is 0 Å². The quantitative estimate of drug-likeness (QED) is 0.839. The highest BCUT2D eigenvalue weighted by atomic mass is 16.5. The largest absolute Gasteiger partial charge is 0.496 e. The van der Waals surface area contributed by atoms with E-state index < -0.39 is 0 Å². The van der Waals surface area contributed by atoms with Crippen LogP contribution in [-0.4, -0.2) is 27.3 Å². The van der Waals surface area contributed by atoms with Crippen LogP contribution in [0.4, 0.5) is 0 Å². The number of aryl methyl sites for hydroxylation is 1. The molecular weight excluding hydrogens is 202 g/mol. The van der Waals surface area contributed by atoms with Gasteiger partial charge in [-0.1, -0.05) is 0 Å². The van der Waals surface area contributed by atoms with E-state index in [2.05, 4.69) is 18.3 Å². The van der Waals surface area contributed by atoms with E-state index in [0.29, 0.717) is 0 Å². The molecule has 1 aromatic carbocycles. The molecule has 0 saturated heterocycles. The van der Waals surface area contributed by atoms with Gasteiger partial charge in [0.1, 0.15) is 11.5 Å². The van der Waals surface area contributed by atoms with E-state index in [0.717, 1.165) is 43.1 Å². The minimum Gasteiger partial charge on any atom is -0.496 e. The molecule has 3 heteroatoms. The lowest BCUT2D eigenvalue weighted by molar-refractivity contribution is 0.356. The summed E-state index contributed by atoms with van der Waals surface area (Å²) >= 11 is 0. The van der Waals surface area contributed by atoms with Crippen molar-refractivity contribution < 1.29 is 9.47 Å². The van der Waals surface area contributed by atoms with Gasteiger partial charge in [-0.2, -0.15) is 0 Å². The summed E-state index contributed by atoms with van der Waals surface area (Å²) in [6, 6.07) is 2.09. The van der Waals surface area contributed by atoms with Gasteiger partial charge in [-0.25, -0.2) is 0 Å². The number of likely N-dealkylation sites (N-methyl/N-ethyl adjacent to an activating group) is 1. The van der Waals surface area contributed by atoms with Crippen molar-refractivity contribution in [1.29, 1.82) is 0 Å². The van der Waals surface area contributed by atoms with Crippen molar-refractivity contribution in [3.63, 3.8) is 0 Å². The standard InChI is InChI=1S/C13H19NO2/c1-9-8-12-10(5-7-16-12)11(4-6-14-2)13(9)15-3/h8,14H,4-7H2,1-3H3. The summed E-state index contributed by atoms with van der Waals surface area (Å²) in [6.45, 7) is 3.84. The van der Waals surface area contributed by atoms with Crippen LogP contribution in [0.5, 0.6) is 11.5 Å². The average Bonchev–Trinajstić information content (AvgIpc) is 2.72. The summed E-state index contributed by atoms with van der Waals surface area (Å²) in [5.41, 5.74) is 3.80. The molecule has 0 fully saturated rings. The molecule has 0 spiro atoms. The third-order valence-electron chi connectivity index (χ3n) is 3.08. The van der Waals surface area contributed by atoms with Crippen molar-refractivity contribution in [2.45, 2.75) is 19.8 Å². The Hall–Kier alpha value is -1.22. The van der Waals surface area contributed by atoms with Gasteiger partial charge < -0.3 is 14.8 Å². The number of ether oxygens (including phenoxy) is 2. The lowest BCUT2D eigenvalue weighted by Gasteiger charge is -2.15. The molecule has 16 heavy (non-hydrogen) atoms. The van der Waals surface area contributed by atoms with E-state index in [9.17, 15) is 0 Å². The summed E-state index contributed by atoms with van der Waals surface area (Å²) in [7, 11) is 3.71. The maximum absolute atomic E-state index is 5.62. The minimum absolute atomic E-state index is 0.800. The van der Waals surface area contributed by atoms with Gasteiger partial charge in [0.05, 0.1) is 13.7 Å². The first-order valence-corrected chi connectivity index (χ1v) is 5.74. The predicted octanol–water partition coefficient (Wildman–Crippen LogP) is 1.70. The van der Waals surface area contributed by atoms with Crippen LogP contribution in [0, 0.1) is 6.92 Å². The van der Waals surface area contributed by atoms with Crippen molar-refractivity contribution in [3.05, 3.63) is 22.8 Å². The molecule has 0 aromatic heterocycles. The fourth-order valence-electron chi connectivity index (χ4n) is 2.34. The summed E-state index contributed by atoms with van der Waals surface area (Å²) in [6.07, 6.45) is 2.00. The van der Waals surface area contributed by atoms with E-state index in [4.69, 9.17) is 9.47 Å². The van der Waals surface area contributed by atoms with Crippen LogP contribution in [-0.2, 0) is 12.8 Å². The molecule has 1 N–H and O–H groups in total. The zero-order chi connectivity index (χ0) is 11.5. The highest BCUT2D eigenvalue weighted by Gasteiger charge is 2.21. The zero-order valence-electron chi connectivity index (χ0n) is 10.2. The second-order valence-electron chi connectivity index (χ2n) is 4.13. The van der Waals surface area contributed by atoms with Crippen molar-refractivity contribution >= 4 is 0 Å². The smallest absolute Gasteiger partial charge is 0.125 e. The number of fused-ring (bicyclic) bond motifs is 1. The van der Waals surface area contributed by atoms with Gasteiger partial charge in [-0.05, 0) is 38.6 Å². The first kappa shape index (κ1) is 11.3. The molecule has 1 aliphatic heterocycles. The van der Waals surface area contributed by atoms with Gasteiger partial charge in [0.2, 0.25) is 0 Å². The van der Waals surface area contributed by atoms with Crippen LogP contribution in [0.15, 0.2) is 6.07 Å². The van der Waals surface area contributed by atoms with Gasteiger partial charge in [0.25, 0.3) is 0 Å². The summed E-state index contributed by atoms with van der Waals surface area (Å²) in [5, 5.41) is 3.18. The molecule has 0 bridgehead atoms. The van der Waals surface area contributed by atoms with Gasteiger partial charge >= 0.3 is 0 Å². The average molecular weight is 221 g/mol. The maximum atomic E-state index is 5.62. The van der Waals surface area contributed by atoms with Crippen molar-refractivity contribution in [2.24, 2.45) is 0 Å². The molecular formula is C13H19NO2. The molecule has 0 saturated carbocycles. The molecule has 0 unspecified atom stereocenters.